The van der Waals surface area contributed by atoms with Crippen LogP contribution in [0.3, 0.4) is 0 Å². The van der Waals surface area contributed by atoms with Crippen molar-refractivity contribution in [2.75, 3.05) is 6.67 Å². The zero-order valence-electron chi connectivity index (χ0n) is 11.9. The molecule has 0 radical (unpaired) electrons. The van der Waals surface area contributed by atoms with Gasteiger partial charge >= 0.3 is 0 Å². The second-order valence-corrected chi connectivity index (χ2v) is 6.05. The number of halogens is 1. The number of alkyl halides is 1. The molecule has 0 aliphatic rings. The summed E-state index contributed by atoms with van der Waals surface area (Å²) < 4.78 is 48.4. The van der Waals surface area contributed by atoms with E-state index in [1.807, 2.05) is 0 Å². The lowest BCUT2D eigenvalue weighted by atomic mass is 10.1. The summed E-state index contributed by atoms with van der Waals surface area (Å²) in [5, 5.41) is 0. The predicted octanol–water partition coefficient (Wildman–Crippen LogP) is 4.14. The fourth-order valence-corrected chi connectivity index (χ4v) is 2.46. The quantitative estimate of drug-likeness (QED) is 0.400. The van der Waals surface area contributed by atoms with Gasteiger partial charge in [0.05, 0.1) is 12.9 Å². The Morgan fingerprint density at radius 1 is 1.10 bits per heavy atom. The van der Waals surface area contributed by atoms with Crippen LogP contribution in [0.25, 0.3) is 0 Å². The Bertz CT molecular complexity index is 540. The number of benzene rings is 1. The maximum atomic E-state index is 11.9. The van der Waals surface area contributed by atoms with Crippen molar-refractivity contribution in [3.05, 3.63) is 36.6 Å². The number of ether oxygens (including phenoxy) is 1. The van der Waals surface area contributed by atoms with Crippen molar-refractivity contribution >= 4 is 10.1 Å². The third kappa shape index (κ3) is 7.24. The van der Waals surface area contributed by atoms with E-state index < -0.39 is 10.1 Å². The van der Waals surface area contributed by atoms with Gasteiger partial charge in [-0.25, -0.2) is 0 Å². The molecule has 0 amide bonds. The van der Waals surface area contributed by atoms with E-state index in [2.05, 4.69) is 0 Å². The lowest BCUT2D eigenvalue weighted by Gasteiger charge is -2.05. The van der Waals surface area contributed by atoms with E-state index in [1.165, 1.54) is 24.5 Å². The highest BCUT2D eigenvalue weighted by Crippen LogP contribution is 2.23. The number of allylic oxidation sites excluding steroid dienone is 1. The Morgan fingerprint density at radius 3 is 2.48 bits per heavy atom. The van der Waals surface area contributed by atoms with Crippen LogP contribution in [0.4, 0.5) is 4.39 Å². The molecule has 0 saturated carbocycles. The van der Waals surface area contributed by atoms with Gasteiger partial charge in [-0.2, -0.15) is 8.42 Å². The molecule has 0 unspecified atom stereocenters. The number of hydrogen-bond acceptors (Lipinski definition) is 3. The molecule has 1 aromatic rings. The largest absolute Gasteiger partial charge is 0.464 e. The summed E-state index contributed by atoms with van der Waals surface area (Å²) in [6.07, 6.45) is 8.61. The first-order valence-electron chi connectivity index (χ1n) is 7.00. The molecule has 0 aliphatic heterocycles. The fourth-order valence-electron chi connectivity index (χ4n) is 1.84. The third-order valence-electron chi connectivity index (χ3n) is 2.92. The van der Waals surface area contributed by atoms with Crippen molar-refractivity contribution in [1.82, 2.24) is 0 Å². The molecule has 0 spiro atoms. The van der Waals surface area contributed by atoms with Crippen molar-refractivity contribution in [2.45, 2.75) is 43.4 Å². The molecule has 6 heteroatoms. The Labute approximate surface area is 125 Å². The van der Waals surface area contributed by atoms with Crippen molar-refractivity contribution in [2.24, 2.45) is 0 Å². The van der Waals surface area contributed by atoms with Crippen LogP contribution in [0, 0.1) is 0 Å². The predicted molar refractivity (Wildman–Crippen MR) is 79.7 cm³/mol. The summed E-state index contributed by atoms with van der Waals surface area (Å²) in [5.41, 5.74) is 0. The van der Waals surface area contributed by atoms with Crippen molar-refractivity contribution in [3.63, 3.8) is 0 Å². The van der Waals surface area contributed by atoms with Gasteiger partial charge in [-0.15, -0.1) is 0 Å². The van der Waals surface area contributed by atoms with Crippen LogP contribution in [0.2, 0.25) is 0 Å². The minimum Gasteiger partial charge on any atom is -0.464 e. The molecule has 0 saturated heterocycles. The van der Waals surface area contributed by atoms with E-state index in [9.17, 15) is 12.8 Å². The Kier molecular flexibility index (Phi) is 8.00. The van der Waals surface area contributed by atoms with E-state index in [4.69, 9.17) is 9.29 Å². The van der Waals surface area contributed by atoms with E-state index in [0.717, 1.165) is 32.1 Å². The first-order valence-corrected chi connectivity index (χ1v) is 8.44. The molecule has 0 bridgehead atoms. The summed E-state index contributed by atoms with van der Waals surface area (Å²) in [4.78, 5) is -0.249. The average molecular weight is 316 g/mol. The zero-order chi connectivity index (χ0) is 15.6. The van der Waals surface area contributed by atoms with Crippen LogP contribution in [-0.2, 0) is 10.1 Å². The molecule has 1 rings (SSSR count). The fraction of sp³-hybridized carbons (Fsp3) is 0.467. The Balaban J connectivity index is 2.34. The molecule has 0 atom stereocenters. The summed E-state index contributed by atoms with van der Waals surface area (Å²) in [5.74, 6) is 0.0965. The molecule has 0 aromatic heterocycles. The van der Waals surface area contributed by atoms with Crippen LogP contribution in [0.15, 0.2) is 41.5 Å². The van der Waals surface area contributed by atoms with Crippen molar-refractivity contribution in [3.8, 4) is 5.75 Å². The maximum absolute atomic E-state index is 11.9. The molecule has 0 fully saturated rings. The lowest BCUT2D eigenvalue weighted by molar-refractivity contribution is 0.445. The zero-order valence-corrected chi connectivity index (χ0v) is 12.7. The summed E-state index contributed by atoms with van der Waals surface area (Å²) in [6.45, 7) is -0.249. The minimum absolute atomic E-state index is 0.0965. The Hall–Kier alpha value is -1.40. The molecular formula is C15H21FO4S. The van der Waals surface area contributed by atoms with Gasteiger partial charge in [0, 0.05) is 0 Å². The molecule has 0 aliphatic carbocycles. The molecule has 118 valence electrons. The van der Waals surface area contributed by atoms with Gasteiger partial charge in [-0.3, -0.25) is 8.94 Å². The monoisotopic (exact) mass is 316 g/mol. The first-order chi connectivity index (χ1) is 10.1. The van der Waals surface area contributed by atoms with Crippen LogP contribution in [0.1, 0.15) is 38.5 Å². The van der Waals surface area contributed by atoms with Gasteiger partial charge in [0.2, 0.25) is 0 Å². The Morgan fingerprint density at radius 2 is 1.76 bits per heavy atom. The summed E-state index contributed by atoms with van der Waals surface area (Å²) in [7, 11) is -4.28. The first kappa shape index (κ1) is 17.7. The second kappa shape index (κ2) is 9.52. The van der Waals surface area contributed by atoms with Crippen molar-refractivity contribution < 1.29 is 22.1 Å². The van der Waals surface area contributed by atoms with Gasteiger partial charge in [0.25, 0.3) is 10.1 Å². The van der Waals surface area contributed by atoms with Crippen LogP contribution >= 0.6 is 0 Å². The number of rotatable bonds is 10. The van der Waals surface area contributed by atoms with E-state index in [0.29, 0.717) is 6.42 Å². The SMILES string of the molecule is O=S(=O)(O)c1ccccc1OC=CCCCCCCCF. The molecule has 1 aromatic carbocycles. The second-order valence-electron chi connectivity index (χ2n) is 4.66. The van der Waals surface area contributed by atoms with E-state index in [-0.39, 0.29) is 17.3 Å². The smallest absolute Gasteiger partial charge is 0.298 e. The standard InChI is InChI=1S/C15H21FO4S/c16-12-8-4-2-1-3-5-9-13-20-14-10-6-7-11-15(14)21(17,18)19/h6-7,9-11,13H,1-5,8,12H2,(H,17,18,19). The van der Waals surface area contributed by atoms with Crippen LogP contribution < -0.4 is 4.74 Å². The summed E-state index contributed by atoms with van der Waals surface area (Å²) >= 11 is 0. The minimum atomic E-state index is -4.28. The van der Waals surface area contributed by atoms with Crippen molar-refractivity contribution in [1.29, 1.82) is 0 Å². The third-order valence-corrected chi connectivity index (χ3v) is 3.82. The molecule has 4 nitrogen and oxygen atoms in total. The number of unbranched alkanes of at least 4 members (excludes halogenated alkanes) is 5. The number of para-hydroxylation sites is 1. The van der Waals surface area contributed by atoms with Gasteiger partial charge in [0.15, 0.2) is 0 Å². The van der Waals surface area contributed by atoms with Gasteiger partial charge in [-0.05, 0) is 37.5 Å². The normalized spacial score (nSPS) is 11.9. The van der Waals surface area contributed by atoms with E-state index in [1.54, 1.807) is 12.1 Å². The van der Waals surface area contributed by atoms with Gasteiger partial charge in [-0.1, -0.05) is 31.4 Å². The maximum Gasteiger partial charge on any atom is 0.298 e. The molecule has 21 heavy (non-hydrogen) atoms. The van der Waals surface area contributed by atoms with Crippen LogP contribution in [-0.4, -0.2) is 19.6 Å². The lowest BCUT2D eigenvalue weighted by Crippen LogP contribution is -2.00. The van der Waals surface area contributed by atoms with E-state index >= 15 is 0 Å². The highest BCUT2D eigenvalue weighted by atomic mass is 32.2. The summed E-state index contributed by atoms with van der Waals surface area (Å²) in [6, 6.07) is 5.90. The topological polar surface area (TPSA) is 63.6 Å². The molecular weight excluding hydrogens is 295 g/mol. The molecule has 0 heterocycles. The highest BCUT2D eigenvalue weighted by Gasteiger charge is 2.14. The van der Waals surface area contributed by atoms with Gasteiger partial charge in [0.1, 0.15) is 10.6 Å². The molecule has 1 N–H and O–H groups in total. The van der Waals surface area contributed by atoms with Gasteiger partial charge < -0.3 is 4.74 Å². The average Bonchev–Trinajstić information content (AvgIpc) is 2.45. The van der Waals surface area contributed by atoms with Crippen LogP contribution in [0.5, 0.6) is 5.75 Å². The highest BCUT2D eigenvalue weighted by molar-refractivity contribution is 7.86. The number of hydrogen-bond donors (Lipinski definition) is 1.